The highest BCUT2D eigenvalue weighted by atomic mass is 35.5. The van der Waals surface area contributed by atoms with E-state index in [2.05, 4.69) is 0 Å². The third-order valence-electron chi connectivity index (χ3n) is 1.94. The normalized spacial score (nSPS) is 9.60. The Labute approximate surface area is 96.8 Å². The summed E-state index contributed by atoms with van der Waals surface area (Å²) in [6.45, 7) is 0. The zero-order valence-electron chi connectivity index (χ0n) is 7.69. The molecule has 2 aromatic rings. The first-order valence-electron chi connectivity index (χ1n) is 4.04. The van der Waals surface area contributed by atoms with Crippen LogP contribution in [0.15, 0.2) is 24.3 Å². The minimum Gasteiger partial charge on any atom is -0.383 e. The number of halogens is 1. The lowest BCUT2D eigenvalue weighted by Crippen LogP contribution is -2.08. The number of benzene rings is 1. The lowest BCUT2D eigenvalue weighted by Gasteiger charge is -1.89. The number of nitrogen functional groups attached to an aromatic ring is 1. The van der Waals surface area contributed by atoms with Gasteiger partial charge in [0.15, 0.2) is 0 Å². The number of thiophene rings is 1. The highest BCUT2D eigenvalue weighted by Crippen LogP contribution is 2.25. The van der Waals surface area contributed by atoms with E-state index in [1.165, 1.54) is 11.3 Å². The van der Waals surface area contributed by atoms with Crippen LogP contribution in [0.5, 0.6) is 0 Å². The number of nitrogens with one attached hydrogen (secondary N) is 1. The first-order valence-corrected chi connectivity index (χ1v) is 4.85. The van der Waals surface area contributed by atoms with Gasteiger partial charge in [0.05, 0.1) is 4.88 Å². The Morgan fingerprint density at radius 2 is 2.13 bits per heavy atom. The van der Waals surface area contributed by atoms with E-state index in [1.54, 1.807) is 12.1 Å². The summed E-state index contributed by atoms with van der Waals surface area (Å²) in [6, 6.07) is 7.26. The first kappa shape index (κ1) is 11.7. The van der Waals surface area contributed by atoms with Crippen LogP contribution < -0.4 is 5.73 Å². The number of hydrogen-bond acceptors (Lipinski definition) is 3. The Morgan fingerprint density at radius 3 is 2.73 bits per heavy atom. The second-order valence-corrected chi connectivity index (χ2v) is 4.02. The number of hydrogen-bond donors (Lipinski definition) is 2. The van der Waals surface area contributed by atoms with Crippen molar-refractivity contribution in [2.24, 2.45) is 5.73 Å². The van der Waals surface area contributed by atoms with E-state index in [0.29, 0.717) is 5.56 Å². The molecule has 15 heavy (non-hydrogen) atoms. The van der Waals surface area contributed by atoms with Crippen LogP contribution in [0.25, 0.3) is 10.1 Å². The summed E-state index contributed by atoms with van der Waals surface area (Å²) in [4.78, 5) is 11.3. The third-order valence-corrected chi connectivity index (χ3v) is 3.09. The molecule has 0 saturated heterocycles. The van der Waals surface area contributed by atoms with Crippen molar-refractivity contribution >= 4 is 46.0 Å². The Hall–Kier alpha value is -1.39. The molecule has 0 aliphatic rings. The lowest BCUT2D eigenvalue weighted by molar-refractivity contribution is 0.112. The molecule has 0 spiro atoms. The topological polar surface area (TPSA) is 66.9 Å². The van der Waals surface area contributed by atoms with E-state index < -0.39 is 0 Å². The van der Waals surface area contributed by atoms with E-state index in [4.69, 9.17) is 11.1 Å². The van der Waals surface area contributed by atoms with Crippen molar-refractivity contribution in [3.05, 3.63) is 34.7 Å². The largest absolute Gasteiger partial charge is 0.383 e. The van der Waals surface area contributed by atoms with Crippen molar-refractivity contribution in [2.45, 2.75) is 0 Å². The van der Waals surface area contributed by atoms with E-state index in [-0.39, 0.29) is 18.2 Å². The monoisotopic (exact) mass is 240 g/mol. The van der Waals surface area contributed by atoms with Crippen LogP contribution in [0.1, 0.15) is 15.2 Å². The molecule has 0 saturated carbocycles. The van der Waals surface area contributed by atoms with E-state index in [1.807, 2.05) is 12.1 Å². The number of carbonyl (C=O) groups is 1. The summed E-state index contributed by atoms with van der Waals surface area (Å²) in [5, 5.41) is 8.25. The van der Waals surface area contributed by atoms with Gasteiger partial charge in [0.25, 0.3) is 0 Å². The summed E-state index contributed by atoms with van der Waals surface area (Å²) in [5.41, 5.74) is 6.02. The average Bonchev–Trinajstić information content (AvgIpc) is 2.59. The molecule has 3 N–H and O–H groups in total. The van der Waals surface area contributed by atoms with Crippen molar-refractivity contribution in [1.82, 2.24) is 0 Å². The molecule has 78 valence electrons. The molecule has 0 aliphatic carbocycles. The van der Waals surface area contributed by atoms with Gasteiger partial charge < -0.3 is 5.73 Å². The summed E-state index contributed by atoms with van der Waals surface area (Å²) in [7, 11) is 0. The molecule has 5 heteroatoms. The van der Waals surface area contributed by atoms with Crippen LogP contribution in [0.2, 0.25) is 0 Å². The summed E-state index contributed by atoms with van der Waals surface area (Å²) < 4.78 is 1.04. The fraction of sp³-hybridized carbons (Fsp3) is 0. The highest BCUT2D eigenvalue weighted by molar-refractivity contribution is 7.20. The summed E-state index contributed by atoms with van der Waals surface area (Å²) in [5.74, 6) is 0.0684. The Morgan fingerprint density at radius 1 is 1.40 bits per heavy atom. The Balaban J connectivity index is 0.00000112. The molecular weight excluding hydrogens is 232 g/mol. The third kappa shape index (κ3) is 2.16. The minimum absolute atomic E-state index is 0. The van der Waals surface area contributed by atoms with Crippen molar-refractivity contribution in [1.29, 1.82) is 5.41 Å². The zero-order chi connectivity index (χ0) is 10.1. The lowest BCUT2D eigenvalue weighted by atomic mass is 10.2. The van der Waals surface area contributed by atoms with Crippen LogP contribution >= 0.6 is 23.7 Å². The van der Waals surface area contributed by atoms with Crippen molar-refractivity contribution in [3.63, 3.8) is 0 Å². The quantitative estimate of drug-likeness (QED) is 0.481. The van der Waals surface area contributed by atoms with Gasteiger partial charge in [-0.1, -0.05) is 6.07 Å². The molecule has 2 rings (SSSR count). The van der Waals surface area contributed by atoms with E-state index in [0.717, 1.165) is 21.2 Å². The molecule has 0 aliphatic heterocycles. The molecule has 0 bridgehead atoms. The van der Waals surface area contributed by atoms with Crippen molar-refractivity contribution in [2.75, 3.05) is 0 Å². The fourth-order valence-electron chi connectivity index (χ4n) is 1.27. The van der Waals surface area contributed by atoms with Crippen LogP contribution in [0.3, 0.4) is 0 Å². The predicted molar refractivity (Wildman–Crippen MR) is 65.5 cm³/mol. The molecule has 1 aromatic heterocycles. The number of aldehydes is 1. The predicted octanol–water partition coefficient (Wildman–Crippen LogP) is 2.42. The number of carbonyl (C=O) groups excluding carboxylic acids is 1. The molecule has 0 fully saturated rings. The number of amidine groups is 1. The van der Waals surface area contributed by atoms with Crippen LogP contribution in [-0.2, 0) is 0 Å². The van der Waals surface area contributed by atoms with Gasteiger partial charge in [-0.2, -0.15) is 0 Å². The molecule has 0 atom stereocenters. The summed E-state index contributed by atoms with van der Waals surface area (Å²) in [6.07, 6.45) is 0.810. The fourth-order valence-corrected chi connectivity index (χ4v) is 2.17. The second-order valence-electron chi connectivity index (χ2n) is 2.94. The summed E-state index contributed by atoms with van der Waals surface area (Å²) >= 11 is 1.46. The van der Waals surface area contributed by atoms with Gasteiger partial charge in [-0.25, -0.2) is 0 Å². The maximum Gasteiger partial charge on any atom is 0.150 e. The van der Waals surface area contributed by atoms with Gasteiger partial charge in [-0.15, -0.1) is 23.7 Å². The minimum atomic E-state index is 0. The molecule has 1 aromatic carbocycles. The number of nitrogens with two attached hydrogens (primary N) is 1. The number of fused-ring (bicyclic) bond motifs is 1. The van der Waals surface area contributed by atoms with Gasteiger partial charge in [0.2, 0.25) is 0 Å². The van der Waals surface area contributed by atoms with Gasteiger partial charge in [0, 0.05) is 10.3 Å². The smallest absolute Gasteiger partial charge is 0.150 e. The van der Waals surface area contributed by atoms with Crippen LogP contribution in [-0.4, -0.2) is 12.1 Å². The van der Waals surface area contributed by atoms with Gasteiger partial charge >= 0.3 is 0 Å². The number of rotatable bonds is 2. The standard InChI is InChI=1S/C10H8N2OS.ClH/c11-10(12)9-4-7-3-6(5-13)1-2-8(7)14-9;/h1-5H,(H3,11,12);1H. The maximum absolute atomic E-state index is 10.5. The Kier molecular flexibility index (Phi) is 3.44. The second kappa shape index (κ2) is 4.42. The molecule has 0 radical (unpaired) electrons. The average molecular weight is 241 g/mol. The molecule has 3 nitrogen and oxygen atoms in total. The SMILES string of the molecule is Cl.N=C(N)c1cc2cc(C=O)ccc2s1. The van der Waals surface area contributed by atoms with E-state index >= 15 is 0 Å². The van der Waals surface area contributed by atoms with Crippen LogP contribution in [0.4, 0.5) is 0 Å². The van der Waals surface area contributed by atoms with Crippen molar-refractivity contribution < 1.29 is 4.79 Å². The van der Waals surface area contributed by atoms with Crippen molar-refractivity contribution in [3.8, 4) is 0 Å². The highest BCUT2D eigenvalue weighted by Gasteiger charge is 2.04. The van der Waals surface area contributed by atoms with Crippen LogP contribution in [0, 0.1) is 5.41 Å². The first-order chi connectivity index (χ1) is 6.70. The Bertz CT molecular complexity index is 521. The van der Waals surface area contributed by atoms with Gasteiger partial charge in [-0.3, -0.25) is 10.2 Å². The molecule has 0 amide bonds. The van der Waals surface area contributed by atoms with Gasteiger partial charge in [-0.05, 0) is 23.6 Å². The van der Waals surface area contributed by atoms with Gasteiger partial charge in [0.1, 0.15) is 12.1 Å². The molecular formula is C10H9ClN2OS. The zero-order valence-corrected chi connectivity index (χ0v) is 9.32. The van der Waals surface area contributed by atoms with E-state index in [9.17, 15) is 4.79 Å². The maximum atomic E-state index is 10.5. The molecule has 0 unspecified atom stereocenters. The molecule has 1 heterocycles.